The second kappa shape index (κ2) is 6.07. The van der Waals surface area contributed by atoms with Crippen molar-refractivity contribution in [1.29, 1.82) is 0 Å². The minimum absolute atomic E-state index is 0. The van der Waals surface area contributed by atoms with E-state index in [1.165, 1.54) is 12.8 Å². The highest BCUT2D eigenvalue weighted by atomic mass is 35.5. The fourth-order valence-corrected chi connectivity index (χ4v) is 2.92. The Labute approximate surface area is 123 Å². The monoisotopic (exact) mass is 300 g/mol. The quantitative estimate of drug-likeness (QED) is 0.867. The van der Waals surface area contributed by atoms with Crippen LogP contribution in [0.2, 0.25) is 5.15 Å². The molecule has 6 heteroatoms. The average Bonchev–Trinajstić information content (AvgIpc) is 2.81. The third-order valence-corrected chi connectivity index (χ3v) is 4.11. The zero-order valence-electron chi connectivity index (χ0n) is 10.6. The predicted octanol–water partition coefficient (Wildman–Crippen LogP) is 3.20. The van der Waals surface area contributed by atoms with Gasteiger partial charge in [-0.3, -0.25) is 4.68 Å². The number of halogens is 2. The number of nitrogens with zero attached hydrogens (tertiary/aromatic N) is 3. The van der Waals surface area contributed by atoms with Crippen LogP contribution in [0.1, 0.15) is 31.7 Å². The van der Waals surface area contributed by atoms with Crippen molar-refractivity contribution in [3.63, 3.8) is 0 Å². The van der Waals surface area contributed by atoms with Gasteiger partial charge in [-0.1, -0.05) is 11.6 Å². The van der Waals surface area contributed by atoms with Crippen molar-refractivity contribution >= 4 is 34.9 Å². The lowest BCUT2D eigenvalue weighted by molar-refractivity contribution is 0.266. The van der Waals surface area contributed by atoms with E-state index in [0.29, 0.717) is 17.1 Å². The van der Waals surface area contributed by atoms with Crippen molar-refractivity contribution < 1.29 is 0 Å². The molecule has 0 aliphatic heterocycles. The molecule has 0 atom stereocenters. The number of hydrogen-bond acceptors (Lipinski definition) is 3. The van der Waals surface area contributed by atoms with E-state index in [9.17, 15) is 0 Å². The van der Waals surface area contributed by atoms with E-state index in [0.717, 1.165) is 30.3 Å². The molecular weight excluding hydrogens is 283 g/mol. The molecular formula is C13H18Cl2N4. The fraction of sp³-hybridized carbons (Fsp3) is 0.538. The Kier molecular flexibility index (Phi) is 4.66. The van der Waals surface area contributed by atoms with Crippen LogP contribution in [0.4, 0.5) is 0 Å². The van der Waals surface area contributed by atoms with Gasteiger partial charge in [0.25, 0.3) is 0 Å². The van der Waals surface area contributed by atoms with Gasteiger partial charge in [0, 0.05) is 11.6 Å². The molecule has 1 aliphatic carbocycles. The van der Waals surface area contributed by atoms with Gasteiger partial charge in [0.1, 0.15) is 10.7 Å². The number of rotatable bonds is 2. The van der Waals surface area contributed by atoms with Gasteiger partial charge in [0.2, 0.25) is 0 Å². The van der Waals surface area contributed by atoms with Crippen molar-refractivity contribution in [3.8, 4) is 0 Å². The molecule has 4 nitrogen and oxygen atoms in total. The van der Waals surface area contributed by atoms with E-state index in [1.54, 1.807) is 6.20 Å². The van der Waals surface area contributed by atoms with Crippen LogP contribution < -0.4 is 5.73 Å². The fourth-order valence-electron chi connectivity index (χ4n) is 2.75. The summed E-state index contributed by atoms with van der Waals surface area (Å²) in [5.74, 6) is 0.697. The normalized spacial score (nSPS) is 23.3. The Bertz CT molecular complexity index is 547. The summed E-state index contributed by atoms with van der Waals surface area (Å²) >= 11 is 5.89. The van der Waals surface area contributed by atoms with Crippen LogP contribution in [-0.2, 0) is 0 Å². The van der Waals surface area contributed by atoms with E-state index >= 15 is 0 Å². The van der Waals surface area contributed by atoms with Crippen molar-refractivity contribution in [2.24, 2.45) is 11.7 Å². The molecule has 2 aromatic rings. The zero-order chi connectivity index (χ0) is 12.5. The molecule has 0 bridgehead atoms. The number of fused-ring (bicyclic) bond motifs is 1. The van der Waals surface area contributed by atoms with Crippen LogP contribution in [-0.4, -0.2) is 21.3 Å². The lowest BCUT2D eigenvalue weighted by Gasteiger charge is -2.27. The molecule has 0 spiro atoms. The lowest BCUT2D eigenvalue weighted by Crippen LogP contribution is -2.23. The third-order valence-electron chi connectivity index (χ3n) is 3.90. The minimum atomic E-state index is 0. The summed E-state index contributed by atoms with van der Waals surface area (Å²) in [7, 11) is 0. The first-order valence-corrected chi connectivity index (χ1v) is 6.84. The zero-order valence-corrected chi connectivity index (χ0v) is 12.2. The molecule has 19 heavy (non-hydrogen) atoms. The predicted molar refractivity (Wildman–Crippen MR) is 79.8 cm³/mol. The number of nitrogens with two attached hydrogens (primary N) is 1. The van der Waals surface area contributed by atoms with E-state index in [2.05, 4.69) is 21.0 Å². The number of aromatic nitrogens is 3. The molecule has 2 heterocycles. The molecule has 0 saturated heterocycles. The largest absolute Gasteiger partial charge is 0.330 e. The molecule has 3 rings (SSSR count). The first kappa shape index (κ1) is 14.6. The van der Waals surface area contributed by atoms with Crippen molar-refractivity contribution in [3.05, 3.63) is 23.6 Å². The topological polar surface area (TPSA) is 56.7 Å². The van der Waals surface area contributed by atoms with Gasteiger partial charge in [-0.15, -0.1) is 12.4 Å². The number of hydrogen-bond donors (Lipinski definition) is 1. The minimum Gasteiger partial charge on any atom is -0.330 e. The summed E-state index contributed by atoms with van der Waals surface area (Å²) in [4.78, 5) is 4.06. The molecule has 1 aliphatic rings. The van der Waals surface area contributed by atoms with Crippen LogP contribution >= 0.6 is 24.0 Å². The van der Waals surface area contributed by atoms with Crippen molar-refractivity contribution in [2.75, 3.05) is 6.54 Å². The Hall–Kier alpha value is -0.840. The molecule has 0 amide bonds. The molecule has 0 unspecified atom stereocenters. The van der Waals surface area contributed by atoms with Crippen LogP contribution in [0.15, 0.2) is 18.5 Å². The second-order valence-electron chi connectivity index (χ2n) is 5.09. The first-order chi connectivity index (χ1) is 8.76. The first-order valence-electron chi connectivity index (χ1n) is 6.46. The third kappa shape index (κ3) is 3.02. The van der Waals surface area contributed by atoms with E-state index < -0.39 is 0 Å². The van der Waals surface area contributed by atoms with Gasteiger partial charge in [-0.25, -0.2) is 4.98 Å². The maximum absolute atomic E-state index is 5.89. The molecule has 2 aromatic heterocycles. The van der Waals surface area contributed by atoms with Crippen molar-refractivity contribution in [1.82, 2.24) is 14.8 Å². The summed E-state index contributed by atoms with van der Waals surface area (Å²) in [5.41, 5.74) is 6.64. The van der Waals surface area contributed by atoms with Gasteiger partial charge in [0.05, 0.1) is 12.2 Å². The number of pyridine rings is 1. The van der Waals surface area contributed by atoms with E-state index in [-0.39, 0.29) is 12.4 Å². The maximum Gasteiger partial charge on any atom is 0.129 e. The van der Waals surface area contributed by atoms with Gasteiger partial charge in [0.15, 0.2) is 0 Å². The van der Waals surface area contributed by atoms with E-state index in [4.69, 9.17) is 17.3 Å². The molecule has 0 aromatic carbocycles. The second-order valence-corrected chi connectivity index (χ2v) is 5.47. The van der Waals surface area contributed by atoms with Crippen LogP contribution in [0.3, 0.4) is 0 Å². The van der Waals surface area contributed by atoms with E-state index in [1.807, 2.05) is 6.07 Å². The molecule has 2 N–H and O–H groups in total. The Morgan fingerprint density at radius 3 is 2.74 bits per heavy atom. The Morgan fingerprint density at radius 1 is 1.32 bits per heavy atom. The van der Waals surface area contributed by atoms with Crippen LogP contribution in [0.25, 0.3) is 10.9 Å². The molecule has 1 fully saturated rings. The summed E-state index contributed by atoms with van der Waals surface area (Å²) < 4.78 is 2.08. The highest BCUT2D eigenvalue weighted by Gasteiger charge is 2.22. The lowest BCUT2D eigenvalue weighted by atomic mass is 9.86. The van der Waals surface area contributed by atoms with Gasteiger partial charge in [-0.05, 0) is 44.2 Å². The highest BCUT2D eigenvalue weighted by Crippen LogP contribution is 2.32. The van der Waals surface area contributed by atoms with Crippen LogP contribution in [0, 0.1) is 5.92 Å². The van der Waals surface area contributed by atoms with Gasteiger partial charge in [-0.2, -0.15) is 5.10 Å². The smallest absolute Gasteiger partial charge is 0.129 e. The summed E-state index contributed by atoms with van der Waals surface area (Å²) in [6.45, 7) is 0.813. The standard InChI is InChI=1S/C13H17ClN4.ClH/c14-13-5-10-8-18(17-12(10)7-16-13)11-3-1-9(6-15)2-4-11;/h5,7-9,11H,1-4,6,15H2;1H. The summed E-state index contributed by atoms with van der Waals surface area (Å²) in [5, 5.41) is 6.18. The summed E-state index contributed by atoms with van der Waals surface area (Å²) in [6, 6.07) is 2.37. The highest BCUT2D eigenvalue weighted by molar-refractivity contribution is 6.30. The Balaban J connectivity index is 0.00000133. The molecule has 1 saturated carbocycles. The summed E-state index contributed by atoms with van der Waals surface area (Å²) in [6.07, 6.45) is 8.55. The molecule has 104 valence electrons. The Morgan fingerprint density at radius 2 is 2.05 bits per heavy atom. The maximum atomic E-state index is 5.89. The molecule has 0 radical (unpaired) electrons. The van der Waals surface area contributed by atoms with Crippen molar-refractivity contribution in [2.45, 2.75) is 31.7 Å². The average molecular weight is 301 g/mol. The van der Waals surface area contributed by atoms with Crippen LogP contribution in [0.5, 0.6) is 0 Å². The van der Waals surface area contributed by atoms with Gasteiger partial charge >= 0.3 is 0 Å². The van der Waals surface area contributed by atoms with Gasteiger partial charge < -0.3 is 5.73 Å². The SMILES string of the molecule is Cl.NCC1CCC(n2cc3cc(Cl)ncc3n2)CC1.